The number of aromatic nitrogens is 4. The van der Waals surface area contributed by atoms with Gasteiger partial charge < -0.3 is 28.2 Å². The largest absolute Gasteiger partial charge is 0.443 e. The quantitative estimate of drug-likeness (QED) is 0.466. The van der Waals surface area contributed by atoms with Gasteiger partial charge in [-0.2, -0.15) is 4.90 Å². The van der Waals surface area contributed by atoms with Crippen LogP contribution in [0, 0.1) is 0 Å². The number of imidazole rings is 1. The monoisotopic (exact) mass is 529 g/mol. The standard InChI is InChI=1S/C22H36N5O8P/c1-9-32-36(31,33-10-2)12-15(28)11-26-14-25-16-17(26)23-13-24-18(16)27(19(29)34-21(3,4)5)20(30)35-22(6,7)8/h13-15,28H,9-12H2,1-8H3/t15-/m0/s1. The van der Waals surface area contributed by atoms with Crippen molar-refractivity contribution in [1.82, 2.24) is 19.5 Å². The van der Waals surface area contributed by atoms with Gasteiger partial charge in [-0.1, -0.05) is 0 Å². The molecule has 2 rings (SSSR count). The number of fused-ring (bicyclic) bond motifs is 1. The Balaban J connectivity index is 2.43. The number of ether oxygens (including phenoxy) is 2. The maximum atomic E-state index is 13.0. The van der Waals surface area contributed by atoms with E-state index in [9.17, 15) is 19.3 Å². The van der Waals surface area contributed by atoms with Crippen LogP contribution in [-0.2, 0) is 29.6 Å². The van der Waals surface area contributed by atoms with Gasteiger partial charge in [0, 0.05) is 0 Å². The third-order valence-electron chi connectivity index (χ3n) is 4.24. The van der Waals surface area contributed by atoms with Crippen molar-refractivity contribution in [3.8, 4) is 0 Å². The van der Waals surface area contributed by atoms with E-state index in [0.717, 1.165) is 6.33 Å². The number of amides is 2. The lowest BCUT2D eigenvalue weighted by atomic mass is 10.2. The van der Waals surface area contributed by atoms with Gasteiger partial charge in [-0.25, -0.2) is 24.5 Å². The van der Waals surface area contributed by atoms with Crippen molar-refractivity contribution < 1.29 is 37.8 Å². The highest BCUT2D eigenvalue weighted by Gasteiger charge is 2.36. The highest BCUT2D eigenvalue weighted by atomic mass is 31.2. The van der Waals surface area contributed by atoms with Gasteiger partial charge in [0.05, 0.1) is 38.4 Å². The van der Waals surface area contributed by atoms with Gasteiger partial charge in [-0.05, 0) is 55.4 Å². The fourth-order valence-corrected chi connectivity index (χ4v) is 4.81. The summed E-state index contributed by atoms with van der Waals surface area (Å²) >= 11 is 0. The predicted molar refractivity (Wildman–Crippen MR) is 132 cm³/mol. The first-order chi connectivity index (χ1) is 16.6. The number of carbonyl (C=O) groups is 2. The Labute approximate surface area is 210 Å². The molecule has 202 valence electrons. The minimum absolute atomic E-state index is 0.0596. The maximum Gasteiger partial charge on any atom is 0.425 e. The Bertz CT molecular complexity index is 1070. The third-order valence-corrected chi connectivity index (χ3v) is 6.41. The number of anilines is 1. The minimum Gasteiger partial charge on any atom is -0.443 e. The van der Waals surface area contributed by atoms with Crippen LogP contribution in [0.5, 0.6) is 0 Å². The molecule has 0 bridgehead atoms. The summed E-state index contributed by atoms with van der Waals surface area (Å²) in [4.78, 5) is 39.2. The lowest BCUT2D eigenvalue weighted by Gasteiger charge is -2.28. The molecule has 0 spiro atoms. The van der Waals surface area contributed by atoms with Gasteiger partial charge in [0.25, 0.3) is 0 Å². The first-order valence-corrected chi connectivity index (χ1v) is 13.3. The third kappa shape index (κ3) is 8.22. The van der Waals surface area contributed by atoms with Crippen molar-refractivity contribution >= 4 is 36.8 Å². The van der Waals surface area contributed by atoms with E-state index in [1.807, 2.05) is 0 Å². The minimum atomic E-state index is -3.49. The molecule has 2 aromatic rings. The summed E-state index contributed by atoms with van der Waals surface area (Å²) in [6, 6.07) is 0. The zero-order valence-corrected chi connectivity index (χ0v) is 22.9. The fourth-order valence-electron chi connectivity index (χ4n) is 3.11. The molecule has 1 N–H and O–H groups in total. The number of carbonyl (C=O) groups excluding carboxylic acids is 2. The summed E-state index contributed by atoms with van der Waals surface area (Å²) < 4.78 is 35.5. The molecule has 0 aliphatic rings. The van der Waals surface area contributed by atoms with Crippen molar-refractivity contribution in [3.63, 3.8) is 0 Å². The van der Waals surface area contributed by atoms with Crippen LogP contribution in [0.25, 0.3) is 11.2 Å². The van der Waals surface area contributed by atoms with Crippen molar-refractivity contribution in [2.75, 3.05) is 24.3 Å². The van der Waals surface area contributed by atoms with Crippen LogP contribution in [0.2, 0.25) is 0 Å². The van der Waals surface area contributed by atoms with Crippen LogP contribution < -0.4 is 4.90 Å². The summed E-state index contributed by atoms with van der Waals surface area (Å²) in [6.07, 6.45) is -0.858. The van der Waals surface area contributed by atoms with Gasteiger partial charge in [0.15, 0.2) is 17.0 Å². The van der Waals surface area contributed by atoms with Gasteiger partial charge in [-0.3, -0.25) is 4.57 Å². The molecule has 0 unspecified atom stereocenters. The second-order valence-electron chi connectivity index (χ2n) is 9.85. The molecule has 2 heterocycles. The van der Waals surface area contributed by atoms with E-state index in [0.29, 0.717) is 4.90 Å². The molecule has 13 nitrogen and oxygen atoms in total. The predicted octanol–water partition coefficient (Wildman–Crippen LogP) is 4.13. The lowest BCUT2D eigenvalue weighted by molar-refractivity contribution is 0.0429. The highest BCUT2D eigenvalue weighted by Crippen LogP contribution is 2.48. The van der Waals surface area contributed by atoms with E-state index in [-0.39, 0.29) is 42.9 Å². The average Bonchev–Trinajstić information content (AvgIpc) is 3.09. The molecule has 0 saturated heterocycles. The molecule has 0 radical (unpaired) electrons. The van der Waals surface area contributed by atoms with Crippen LogP contribution in [0.1, 0.15) is 55.4 Å². The summed E-state index contributed by atoms with van der Waals surface area (Å²) in [6.45, 7) is 13.6. The van der Waals surface area contributed by atoms with E-state index in [4.69, 9.17) is 18.5 Å². The Hall–Kier alpha value is -2.60. The average molecular weight is 530 g/mol. The Morgan fingerprint density at radius 1 is 1.00 bits per heavy atom. The summed E-state index contributed by atoms with van der Waals surface area (Å²) in [5.41, 5.74) is -1.48. The zero-order valence-electron chi connectivity index (χ0n) is 22.0. The van der Waals surface area contributed by atoms with Crippen molar-refractivity contribution in [2.45, 2.75) is 79.2 Å². The molecule has 1 atom stereocenters. The van der Waals surface area contributed by atoms with Gasteiger partial charge in [0.1, 0.15) is 17.5 Å². The SMILES string of the molecule is CCOP(=O)(C[C@@H](O)Cn1cnc2c(N(C(=O)OC(C)(C)C)C(=O)OC(C)(C)C)ncnc21)OCC. The normalized spacial score (nSPS) is 13.5. The van der Waals surface area contributed by atoms with E-state index in [2.05, 4.69) is 15.0 Å². The topological polar surface area (TPSA) is 155 Å². The number of imide groups is 1. The number of hydrogen-bond acceptors (Lipinski definition) is 11. The molecular weight excluding hydrogens is 493 g/mol. The maximum absolute atomic E-state index is 13.0. The van der Waals surface area contributed by atoms with E-state index < -0.39 is 37.1 Å². The summed E-state index contributed by atoms with van der Waals surface area (Å²) in [5, 5.41) is 10.6. The number of aliphatic hydroxyl groups excluding tert-OH is 1. The second kappa shape index (κ2) is 11.6. The first kappa shape index (κ1) is 29.6. The molecule has 36 heavy (non-hydrogen) atoms. The first-order valence-electron chi connectivity index (χ1n) is 11.6. The van der Waals surface area contributed by atoms with Crippen LogP contribution in [0.15, 0.2) is 12.7 Å². The fraction of sp³-hybridized carbons (Fsp3) is 0.682. The number of rotatable bonds is 9. The molecule has 2 aromatic heterocycles. The van der Waals surface area contributed by atoms with E-state index in [1.54, 1.807) is 55.4 Å². The van der Waals surface area contributed by atoms with Crippen molar-refractivity contribution in [3.05, 3.63) is 12.7 Å². The molecule has 0 fully saturated rings. The molecular formula is C22H36N5O8P. The molecule has 2 amide bonds. The lowest BCUT2D eigenvalue weighted by Crippen LogP contribution is -2.44. The molecule has 0 aliphatic carbocycles. The van der Waals surface area contributed by atoms with E-state index in [1.165, 1.54) is 10.9 Å². The molecule has 0 aliphatic heterocycles. The number of hydrogen-bond donors (Lipinski definition) is 1. The van der Waals surface area contributed by atoms with Gasteiger partial charge in [0.2, 0.25) is 0 Å². The Morgan fingerprint density at radius 2 is 1.53 bits per heavy atom. The number of aliphatic hydroxyl groups is 1. The molecule has 0 aromatic carbocycles. The van der Waals surface area contributed by atoms with Crippen molar-refractivity contribution in [1.29, 1.82) is 0 Å². The summed E-state index contributed by atoms with van der Waals surface area (Å²) in [7, 11) is -3.49. The molecule has 14 heteroatoms. The van der Waals surface area contributed by atoms with Crippen LogP contribution in [-0.4, -0.2) is 73.5 Å². The zero-order chi connectivity index (χ0) is 27.3. The Morgan fingerprint density at radius 3 is 2.00 bits per heavy atom. The van der Waals surface area contributed by atoms with Gasteiger partial charge >= 0.3 is 19.8 Å². The van der Waals surface area contributed by atoms with Crippen LogP contribution >= 0.6 is 7.60 Å². The van der Waals surface area contributed by atoms with Crippen molar-refractivity contribution in [2.24, 2.45) is 0 Å². The summed E-state index contributed by atoms with van der Waals surface area (Å²) in [5.74, 6) is -0.147. The van der Waals surface area contributed by atoms with Crippen LogP contribution in [0.4, 0.5) is 15.4 Å². The van der Waals surface area contributed by atoms with Gasteiger partial charge in [-0.15, -0.1) is 0 Å². The van der Waals surface area contributed by atoms with E-state index >= 15 is 0 Å². The molecule has 0 saturated carbocycles. The smallest absolute Gasteiger partial charge is 0.425 e. The highest BCUT2D eigenvalue weighted by molar-refractivity contribution is 7.53. The second-order valence-corrected chi connectivity index (χ2v) is 11.9. The number of nitrogens with zero attached hydrogens (tertiary/aromatic N) is 5. The van der Waals surface area contributed by atoms with Crippen LogP contribution in [0.3, 0.4) is 0 Å². The Kier molecular flexibility index (Phi) is 9.58.